The van der Waals surface area contributed by atoms with E-state index in [9.17, 15) is 9.59 Å². The van der Waals surface area contributed by atoms with Gasteiger partial charge in [-0.05, 0) is 63.1 Å². The lowest BCUT2D eigenvalue weighted by atomic mass is 9.90. The summed E-state index contributed by atoms with van der Waals surface area (Å²) in [6, 6.07) is 8.19. The number of ketones is 1. The molecule has 0 N–H and O–H groups in total. The number of rotatable bonds is 6. The first kappa shape index (κ1) is 20.1. The number of hydrogen-bond donors (Lipinski definition) is 0. The van der Waals surface area contributed by atoms with Crippen LogP contribution in [0.1, 0.15) is 46.6 Å². The summed E-state index contributed by atoms with van der Waals surface area (Å²) in [4.78, 5) is 27.1. The van der Waals surface area contributed by atoms with Crippen LogP contribution >= 0.6 is 0 Å². The van der Waals surface area contributed by atoms with Gasteiger partial charge < -0.3 is 9.64 Å². The van der Waals surface area contributed by atoms with Gasteiger partial charge in [-0.1, -0.05) is 12.1 Å². The minimum absolute atomic E-state index is 0.396. The van der Waals surface area contributed by atoms with Crippen molar-refractivity contribution in [2.75, 3.05) is 20.2 Å². The zero-order valence-electron chi connectivity index (χ0n) is 17.2. The van der Waals surface area contributed by atoms with Crippen molar-refractivity contribution >= 4 is 11.7 Å². The second-order valence-electron chi connectivity index (χ2n) is 7.62. The van der Waals surface area contributed by atoms with Crippen LogP contribution in [-0.4, -0.2) is 46.6 Å². The molecule has 1 amide bonds. The lowest BCUT2D eigenvalue weighted by molar-refractivity contribution is -0.127. The van der Waals surface area contributed by atoms with Gasteiger partial charge in [-0.3, -0.25) is 14.3 Å². The predicted molar refractivity (Wildman–Crippen MR) is 108 cm³/mol. The number of likely N-dealkylation sites (tertiary alicyclic amines) is 1. The molecule has 1 aromatic heterocycles. The molecule has 1 aromatic carbocycles. The lowest BCUT2D eigenvalue weighted by Crippen LogP contribution is -2.42. The number of benzene rings is 1. The number of amides is 1. The van der Waals surface area contributed by atoms with Crippen LogP contribution < -0.4 is 4.74 Å². The molecule has 0 aliphatic carbocycles. The number of aromatic nitrogens is 2. The maximum atomic E-state index is 12.7. The van der Waals surface area contributed by atoms with E-state index >= 15 is 0 Å². The fourth-order valence-corrected chi connectivity index (χ4v) is 3.94. The van der Waals surface area contributed by atoms with E-state index in [1.807, 2.05) is 19.1 Å². The summed E-state index contributed by atoms with van der Waals surface area (Å²) >= 11 is 0. The molecular formula is C22H29N3O3. The molecule has 1 aliphatic heterocycles. The normalized spacial score (nSPS) is 14.9. The zero-order valence-corrected chi connectivity index (χ0v) is 17.2. The van der Waals surface area contributed by atoms with E-state index in [4.69, 9.17) is 4.74 Å². The van der Waals surface area contributed by atoms with E-state index in [1.54, 1.807) is 30.7 Å². The standard InChI is InChI=1S/C22H29N3O3/c1-15-20(16(2)24(3)23-15)21(26)22(27)25-13-11-18(12-14-25)6-5-17-7-9-19(28-4)10-8-17/h7-10,18H,5-6,11-14H2,1-4H3. The number of aryl methyl sites for hydroxylation is 3. The Bertz CT molecular complexity index is 847. The average Bonchev–Trinajstić information content (AvgIpc) is 2.97. The van der Waals surface area contributed by atoms with Crippen LogP contribution in [0.3, 0.4) is 0 Å². The maximum absolute atomic E-state index is 12.7. The van der Waals surface area contributed by atoms with Crippen LogP contribution in [0, 0.1) is 19.8 Å². The Morgan fingerprint density at radius 2 is 1.79 bits per heavy atom. The quantitative estimate of drug-likeness (QED) is 0.568. The van der Waals surface area contributed by atoms with Crippen molar-refractivity contribution in [3.63, 3.8) is 0 Å². The molecule has 0 atom stereocenters. The largest absolute Gasteiger partial charge is 0.497 e. The van der Waals surface area contributed by atoms with Gasteiger partial charge in [0, 0.05) is 25.8 Å². The molecule has 2 aromatic rings. The first-order chi connectivity index (χ1) is 13.4. The van der Waals surface area contributed by atoms with Crippen molar-refractivity contribution in [1.82, 2.24) is 14.7 Å². The van der Waals surface area contributed by atoms with E-state index in [-0.39, 0.29) is 0 Å². The number of carbonyl (C=O) groups is 2. The SMILES string of the molecule is COc1ccc(CCC2CCN(C(=O)C(=O)c3c(C)nn(C)c3C)CC2)cc1. The van der Waals surface area contributed by atoms with Crippen molar-refractivity contribution in [1.29, 1.82) is 0 Å². The topological polar surface area (TPSA) is 64.4 Å². The number of nitrogens with zero attached hydrogens (tertiary/aromatic N) is 3. The minimum Gasteiger partial charge on any atom is -0.497 e. The van der Waals surface area contributed by atoms with Gasteiger partial charge in [0.25, 0.3) is 11.7 Å². The smallest absolute Gasteiger partial charge is 0.295 e. The minimum atomic E-state index is -0.431. The second-order valence-corrected chi connectivity index (χ2v) is 7.62. The molecule has 1 aliphatic rings. The summed E-state index contributed by atoms with van der Waals surface area (Å²) in [6.07, 6.45) is 4.01. The van der Waals surface area contributed by atoms with Crippen molar-refractivity contribution in [2.24, 2.45) is 13.0 Å². The Kier molecular flexibility index (Phi) is 6.17. The molecule has 3 rings (SSSR count). The maximum Gasteiger partial charge on any atom is 0.295 e. The van der Waals surface area contributed by atoms with Crippen molar-refractivity contribution in [2.45, 2.75) is 39.5 Å². The number of Topliss-reactive ketones (excluding diaryl/α,β-unsaturated/α-hetero) is 1. The monoisotopic (exact) mass is 383 g/mol. The van der Waals surface area contributed by atoms with Crippen molar-refractivity contribution in [3.05, 3.63) is 46.8 Å². The molecule has 150 valence electrons. The first-order valence-electron chi connectivity index (χ1n) is 9.87. The molecular weight excluding hydrogens is 354 g/mol. The molecule has 0 saturated carbocycles. The summed E-state index contributed by atoms with van der Waals surface area (Å²) < 4.78 is 6.85. The van der Waals surface area contributed by atoms with Crippen LogP contribution in [0.4, 0.5) is 0 Å². The number of carbonyl (C=O) groups excluding carboxylic acids is 2. The molecule has 0 bridgehead atoms. The Balaban J connectivity index is 1.51. The van der Waals surface area contributed by atoms with Crippen molar-refractivity contribution in [3.8, 4) is 5.75 Å². The van der Waals surface area contributed by atoms with Gasteiger partial charge >= 0.3 is 0 Å². The van der Waals surface area contributed by atoms with Crippen LogP contribution in [-0.2, 0) is 18.3 Å². The highest BCUT2D eigenvalue weighted by Crippen LogP contribution is 2.24. The molecule has 1 saturated heterocycles. The van der Waals surface area contributed by atoms with Crippen LogP contribution in [0.5, 0.6) is 5.75 Å². The van der Waals surface area contributed by atoms with E-state index in [1.165, 1.54) is 5.56 Å². The van der Waals surface area contributed by atoms with E-state index in [0.29, 0.717) is 30.3 Å². The average molecular weight is 383 g/mol. The molecule has 0 spiro atoms. The van der Waals surface area contributed by atoms with Gasteiger partial charge in [0.05, 0.1) is 18.4 Å². The third kappa shape index (κ3) is 4.26. The Morgan fingerprint density at radius 1 is 1.14 bits per heavy atom. The van der Waals surface area contributed by atoms with Gasteiger partial charge in [-0.2, -0.15) is 5.10 Å². The van der Waals surface area contributed by atoms with Gasteiger partial charge in [-0.15, -0.1) is 0 Å². The third-order valence-corrected chi connectivity index (χ3v) is 5.83. The fourth-order valence-electron chi connectivity index (χ4n) is 3.94. The molecule has 28 heavy (non-hydrogen) atoms. The van der Waals surface area contributed by atoms with E-state index in [0.717, 1.165) is 37.1 Å². The molecule has 1 fully saturated rings. The summed E-state index contributed by atoms with van der Waals surface area (Å²) in [7, 11) is 3.46. The van der Waals surface area contributed by atoms with Gasteiger partial charge in [0.1, 0.15) is 5.75 Å². The number of hydrogen-bond acceptors (Lipinski definition) is 4. The van der Waals surface area contributed by atoms with E-state index in [2.05, 4.69) is 17.2 Å². The summed E-state index contributed by atoms with van der Waals surface area (Å²) in [5.41, 5.74) is 3.11. The number of piperidine rings is 1. The second kappa shape index (κ2) is 8.59. The lowest BCUT2D eigenvalue weighted by Gasteiger charge is -2.31. The van der Waals surface area contributed by atoms with E-state index < -0.39 is 11.7 Å². The highest BCUT2D eigenvalue weighted by atomic mass is 16.5. The highest BCUT2D eigenvalue weighted by Gasteiger charge is 2.30. The third-order valence-electron chi connectivity index (χ3n) is 5.83. The molecule has 6 nitrogen and oxygen atoms in total. The number of methoxy groups -OCH3 is 1. The Morgan fingerprint density at radius 3 is 2.32 bits per heavy atom. The molecule has 6 heteroatoms. The zero-order chi connectivity index (χ0) is 20.3. The van der Waals surface area contributed by atoms with Gasteiger partial charge in [0.15, 0.2) is 0 Å². The van der Waals surface area contributed by atoms with Gasteiger partial charge in [-0.25, -0.2) is 0 Å². The predicted octanol–water partition coefficient (Wildman–Crippen LogP) is 3.10. The Hall–Kier alpha value is -2.63. The number of ether oxygens (including phenoxy) is 1. The van der Waals surface area contributed by atoms with Crippen LogP contribution in [0.25, 0.3) is 0 Å². The first-order valence-corrected chi connectivity index (χ1v) is 9.87. The molecule has 0 radical (unpaired) electrons. The van der Waals surface area contributed by atoms with Crippen molar-refractivity contribution < 1.29 is 14.3 Å². The fraction of sp³-hybridized carbons (Fsp3) is 0.500. The van der Waals surface area contributed by atoms with Crippen LogP contribution in [0.15, 0.2) is 24.3 Å². The summed E-state index contributed by atoms with van der Waals surface area (Å²) in [6.45, 7) is 4.90. The molecule has 2 heterocycles. The van der Waals surface area contributed by atoms with Gasteiger partial charge in [0.2, 0.25) is 0 Å². The molecule has 0 unspecified atom stereocenters. The Labute approximate surface area is 166 Å². The highest BCUT2D eigenvalue weighted by molar-refractivity contribution is 6.43. The van der Waals surface area contributed by atoms with Crippen LogP contribution in [0.2, 0.25) is 0 Å². The summed E-state index contributed by atoms with van der Waals surface area (Å²) in [5.74, 6) is 0.634. The summed E-state index contributed by atoms with van der Waals surface area (Å²) in [5, 5.41) is 4.25.